The van der Waals surface area contributed by atoms with Crippen molar-refractivity contribution in [3.8, 4) is 5.75 Å². The number of fused-ring (bicyclic) bond motifs is 2. The number of H-pyrrole nitrogens is 1. The number of amides is 2. The number of carbonyl (C=O) groups is 2. The number of rotatable bonds is 7. The maximum Gasteiger partial charge on any atom is 0.257 e. The number of ether oxygens (including phenoxy) is 1. The van der Waals surface area contributed by atoms with Gasteiger partial charge in [-0.05, 0) is 61.6 Å². The normalized spacial score (nSPS) is 15.0. The molecule has 2 aromatic heterocycles. The van der Waals surface area contributed by atoms with Gasteiger partial charge in [0, 0.05) is 34.1 Å². The summed E-state index contributed by atoms with van der Waals surface area (Å²) in [5.74, 6) is 0.182. The van der Waals surface area contributed by atoms with Gasteiger partial charge in [-0.25, -0.2) is 4.98 Å². The van der Waals surface area contributed by atoms with E-state index in [1.165, 1.54) is 22.3 Å². The van der Waals surface area contributed by atoms with Crippen molar-refractivity contribution in [1.82, 2.24) is 15.3 Å². The van der Waals surface area contributed by atoms with Crippen LogP contribution in [0, 0.1) is 0 Å². The number of carbonyl (C=O) groups excluding carboxylic acids is 2. The highest BCUT2D eigenvalue weighted by atomic mass is 32.1. The Kier molecular flexibility index (Phi) is 6.31. The summed E-state index contributed by atoms with van der Waals surface area (Å²) in [5, 5.41) is 7.70. The van der Waals surface area contributed by atoms with Crippen LogP contribution in [0.2, 0.25) is 0 Å². The van der Waals surface area contributed by atoms with Gasteiger partial charge >= 0.3 is 0 Å². The van der Waals surface area contributed by atoms with Gasteiger partial charge in [0.2, 0.25) is 5.91 Å². The molecule has 0 fully saturated rings. The van der Waals surface area contributed by atoms with Crippen LogP contribution in [-0.2, 0) is 17.6 Å². The molecule has 0 bridgehead atoms. The molecule has 7 nitrogen and oxygen atoms in total. The third-order valence-electron chi connectivity index (χ3n) is 6.21. The number of thiazole rings is 1. The molecule has 174 valence electrons. The van der Waals surface area contributed by atoms with Gasteiger partial charge in [0.25, 0.3) is 5.91 Å². The minimum absolute atomic E-state index is 0.000813. The summed E-state index contributed by atoms with van der Waals surface area (Å²) in [6, 6.07) is 15.1. The molecule has 2 aromatic carbocycles. The number of para-hydroxylation sites is 1. The first-order chi connectivity index (χ1) is 16.6. The largest absolute Gasteiger partial charge is 0.497 e. The molecule has 0 unspecified atom stereocenters. The third kappa shape index (κ3) is 4.54. The molecule has 0 saturated carbocycles. The molecule has 34 heavy (non-hydrogen) atoms. The number of aromatic nitrogens is 2. The van der Waals surface area contributed by atoms with E-state index in [9.17, 15) is 9.59 Å². The van der Waals surface area contributed by atoms with Crippen molar-refractivity contribution in [2.45, 2.75) is 31.6 Å². The second-order valence-electron chi connectivity index (χ2n) is 8.36. The first-order valence-corrected chi connectivity index (χ1v) is 12.2. The first-order valence-electron chi connectivity index (χ1n) is 11.4. The molecule has 1 aliphatic carbocycles. The fourth-order valence-corrected chi connectivity index (χ4v) is 5.48. The Morgan fingerprint density at radius 1 is 1.18 bits per heavy atom. The van der Waals surface area contributed by atoms with E-state index in [4.69, 9.17) is 4.74 Å². The zero-order valence-corrected chi connectivity index (χ0v) is 19.7. The Hall–Kier alpha value is -3.65. The lowest BCUT2D eigenvalue weighted by atomic mass is 9.90. The van der Waals surface area contributed by atoms with Crippen LogP contribution in [0.3, 0.4) is 0 Å². The van der Waals surface area contributed by atoms with Crippen molar-refractivity contribution in [3.05, 3.63) is 76.4 Å². The van der Waals surface area contributed by atoms with E-state index in [2.05, 4.69) is 26.7 Å². The van der Waals surface area contributed by atoms with E-state index in [0.717, 1.165) is 41.8 Å². The quantitative estimate of drug-likeness (QED) is 0.363. The molecule has 3 N–H and O–H groups in total. The van der Waals surface area contributed by atoms with Gasteiger partial charge in [-0.3, -0.25) is 14.9 Å². The second-order valence-corrected chi connectivity index (χ2v) is 9.44. The molecule has 0 radical (unpaired) electrons. The van der Waals surface area contributed by atoms with Crippen molar-refractivity contribution in [1.29, 1.82) is 0 Å². The van der Waals surface area contributed by atoms with E-state index in [1.807, 2.05) is 24.4 Å². The molecular weight excluding hydrogens is 448 g/mol. The van der Waals surface area contributed by atoms with Crippen LogP contribution >= 0.6 is 11.3 Å². The highest BCUT2D eigenvalue weighted by Crippen LogP contribution is 2.37. The Balaban J connectivity index is 1.22. The predicted octanol–water partition coefficient (Wildman–Crippen LogP) is 4.66. The van der Waals surface area contributed by atoms with Crippen LogP contribution in [0.1, 0.15) is 45.3 Å². The average Bonchev–Trinajstić information content (AvgIpc) is 3.47. The number of aromatic amines is 1. The van der Waals surface area contributed by atoms with Crippen LogP contribution in [0.4, 0.5) is 5.13 Å². The predicted molar refractivity (Wildman–Crippen MR) is 134 cm³/mol. The molecule has 1 atom stereocenters. The molecular formula is C26H26N4O3S. The highest BCUT2D eigenvalue weighted by molar-refractivity contribution is 7.16. The summed E-state index contributed by atoms with van der Waals surface area (Å²) >= 11 is 1.46. The summed E-state index contributed by atoms with van der Waals surface area (Å²) in [4.78, 5) is 34.6. The number of methoxy groups -OCH3 is 1. The van der Waals surface area contributed by atoms with Gasteiger partial charge in [-0.1, -0.05) is 18.2 Å². The number of anilines is 1. The summed E-state index contributed by atoms with van der Waals surface area (Å²) < 4.78 is 5.14. The van der Waals surface area contributed by atoms with E-state index in [1.54, 1.807) is 31.4 Å². The number of nitrogens with zero attached hydrogens (tertiary/aromatic N) is 1. The lowest BCUT2D eigenvalue weighted by molar-refractivity contribution is -0.122. The van der Waals surface area contributed by atoms with Crippen LogP contribution in [-0.4, -0.2) is 35.4 Å². The van der Waals surface area contributed by atoms with Gasteiger partial charge in [0.1, 0.15) is 5.75 Å². The highest BCUT2D eigenvalue weighted by Gasteiger charge is 2.30. The van der Waals surface area contributed by atoms with Crippen LogP contribution in [0.25, 0.3) is 10.9 Å². The first kappa shape index (κ1) is 22.2. The molecule has 2 heterocycles. The fraction of sp³-hybridized carbons (Fsp3) is 0.269. The minimum Gasteiger partial charge on any atom is -0.497 e. The Morgan fingerprint density at radius 2 is 2.00 bits per heavy atom. The number of hydrogen-bond donors (Lipinski definition) is 3. The Morgan fingerprint density at radius 3 is 2.82 bits per heavy atom. The molecule has 4 aromatic rings. The van der Waals surface area contributed by atoms with Crippen LogP contribution < -0.4 is 15.4 Å². The fourth-order valence-electron chi connectivity index (χ4n) is 4.42. The number of benzene rings is 2. The third-order valence-corrected chi connectivity index (χ3v) is 7.26. The lowest BCUT2D eigenvalue weighted by Crippen LogP contribution is -2.32. The van der Waals surface area contributed by atoms with Crippen molar-refractivity contribution in [2.24, 2.45) is 0 Å². The topological polar surface area (TPSA) is 96.1 Å². The maximum atomic E-state index is 13.0. The maximum absolute atomic E-state index is 13.0. The molecule has 0 spiro atoms. The molecule has 1 aliphatic rings. The summed E-state index contributed by atoms with van der Waals surface area (Å²) in [5.41, 5.74) is 3.62. The van der Waals surface area contributed by atoms with Gasteiger partial charge < -0.3 is 15.0 Å². The van der Waals surface area contributed by atoms with E-state index >= 15 is 0 Å². The average molecular weight is 475 g/mol. The lowest BCUT2D eigenvalue weighted by Gasteiger charge is -2.20. The molecule has 2 amide bonds. The van der Waals surface area contributed by atoms with Crippen molar-refractivity contribution in [3.63, 3.8) is 0 Å². The Labute approximate surface area is 201 Å². The van der Waals surface area contributed by atoms with Gasteiger partial charge in [0.05, 0.1) is 18.7 Å². The summed E-state index contributed by atoms with van der Waals surface area (Å²) in [7, 11) is 1.59. The second kappa shape index (κ2) is 9.69. The van der Waals surface area contributed by atoms with Gasteiger partial charge in [0.15, 0.2) is 5.13 Å². The monoisotopic (exact) mass is 474 g/mol. The molecule has 5 rings (SSSR count). The van der Waals surface area contributed by atoms with Gasteiger partial charge in [-0.2, -0.15) is 0 Å². The zero-order valence-electron chi connectivity index (χ0n) is 18.9. The minimum atomic E-state index is -0.283. The summed E-state index contributed by atoms with van der Waals surface area (Å²) in [6.45, 7) is 0.567. The SMILES string of the molecule is COc1ccc(C(=O)Nc2nc3c(s2)CCC[C@H]3C(=O)NCCc2c[nH]c3ccccc23)cc1. The van der Waals surface area contributed by atoms with E-state index < -0.39 is 0 Å². The van der Waals surface area contributed by atoms with Crippen LogP contribution in [0.15, 0.2) is 54.7 Å². The molecule has 8 heteroatoms. The number of nitrogens with one attached hydrogen (secondary N) is 3. The van der Waals surface area contributed by atoms with E-state index in [0.29, 0.717) is 23.0 Å². The number of hydrogen-bond acceptors (Lipinski definition) is 5. The smallest absolute Gasteiger partial charge is 0.257 e. The molecule has 0 saturated heterocycles. The van der Waals surface area contributed by atoms with Crippen LogP contribution in [0.5, 0.6) is 5.75 Å². The Bertz CT molecular complexity index is 1330. The van der Waals surface area contributed by atoms with Crippen molar-refractivity contribution in [2.75, 3.05) is 19.0 Å². The molecule has 0 aliphatic heterocycles. The zero-order chi connectivity index (χ0) is 23.5. The van der Waals surface area contributed by atoms with E-state index in [-0.39, 0.29) is 17.7 Å². The summed E-state index contributed by atoms with van der Waals surface area (Å²) in [6.07, 6.45) is 5.34. The van der Waals surface area contributed by atoms with Crippen molar-refractivity contribution >= 4 is 39.2 Å². The number of aryl methyl sites for hydroxylation is 1. The van der Waals surface area contributed by atoms with Gasteiger partial charge in [-0.15, -0.1) is 11.3 Å². The van der Waals surface area contributed by atoms with Crippen molar-refractivity contribution < 1.29 is 14.3 Å². The standard InChI is InChI=1S/C26H26N4O3S/c1-33-18-11-9-16(10-12-18)24(31)30-26-29-23-20(6-4-8-22(23)34-26)25(32)27-14-13-17-15-28-21-7-3-2-5-19(17)21/h2-3,5,7,9-12,15,20,28H,4,6,8,13-14H2,1H3,(H,27,32)(H,29,30,31)/t20-/m1/s1.